The van der Waals surface area contributed by atoms with E-state index in [2.05, 4.69) is 42.2 Å². The number of fused-ring (bicyclic) bond motifs is 1. The number of thioether (sulfide) groups is 1. The zero-order valence-electron chi connectivity index (χ0n) is 11.8. The minimum absolute atomic E-state index is 1.19. The number of benzene rings is 1. The van der Waals surface area contributed by atoms with E-state index >= 15 is 0 Å². The highest BCUT2D eigenvalue weighted by Gasteiger charge is 2.02. The molecule has 1 aromatic heterocycles. The molecule has 0 amide bonds. The van der Waals surface area contributed by atoms with Crippen LogP contribution in [-0.4, -0.2) is 10.7 Å². The van der Waals surface area contributed by atoms with Gasteiger partial charge in [-0.15, -0.1) is 11.8 Å². The Hall–Kier alpha value is -1.02. The maximum absolute atomic E-state index is 4.52. The molecule has 0 fully saturated rings. The summed E-state index contributed by atoms with van der Waals surface area (Å²) in [5, 5.41) is 3.77. The molecule has 1 aromatic carbocycles. The van der Waals surface area contributed by atoms with E-state index in [4.69, 9.17) is 0 Å². The number of rotatable bonds is 8. The third-order valence-corrected chi connectivity index (χ3v) is 4.47. The predicted octanol–water partition coefficient (Wildman–Crippen LogP) is 5.69. The Bertz CT molecular complexity index is 490. The molecule has 0 bridgehead atoms. The van der Waals surface area contributed by atoms with E-state index in [9.17, 15) is 0 Å². The van der Waals surface area contributed by atoms with E-state index in [1.54, 1.807) is 0 Å². The van der Waals surface area contributed by atoms with Gasteiger partial charge in [0.25, 0.3) is 0 Å². The summed E-state index contributed by atoms with van der Waals surface area (Å²) >= 11 is 1.90. The maximum atomic E-state index is 4.52. The SMILES string of the molecule is CCCCCCCCSc1nccc2ccccc12. The molecule has 2 rings (SSSR count). The van der Waals surface area contributed by atoms with E-state index in [-0.39, 0.29) is 0 Å². The van der Waals surface area contributed by atoms with Gasteiger partial charge in [0.1, 0.15) is 5.03 Å². The van der Waals surface area contributed by atoms with Gasteiger partial charge >= 0.3 is 0 Å². The first-order chi connectivity index (χ1) is 9.42. The van der Waals surface area contributed by atoms with E-state index < -0.39 is 0 Å². The lowest BCUT2D eigenvalue weighted by Crippen LogP contribution is -1.86. The second-order valence-electron chi connectivity index (χ2n) is 4.95. The fourth-order valence-electron chi connectivity index (χ4n) is 2.26. The van der Waals surface area contributed by atoms with Crippen LogP contribution in [0.1, 0.15) is 45.4 Å². The topological polar surface area (TPSA) is 12.9 Å². The van der Waals surface area contributed by atoms with Crippen LogP contribution in [0.2, 0.25) is 0 Å². The second-order valence-corrected chi connectivity index (χ2v) is 6.04. The molecule has 102 valence electrons. The third-order valence-electron chi connectivity index (χ3n) is 3.37. The quantitative estimate of drug-likeness (QED) is 0.453. The largest absolute Gasteiger partial charge is 0.249 e. The summed E-state index contributed by atoms with van der Waals surface area (Å²) in [6.07, 6.45) is 10.1. The molecular formula is C17H23NS. The van der Waals surface area contributed by atoms with Crippen LogP contribution in [0.5, 0.6) is 0 Å². The smallest absolute Gasteiger partial charge is 0.104 e. The fraction of sp³-hybridized carbons (Fsp3) is 0.471. The van der Waals surface area contributed by atoms with Crippen molar-refractivity contribution in [1.82, 2.24) is 4.98 Å². The standard InChI is InChI=1S/C17H23NS/c1-2-3-4-5-6-9-14-19-17-16-11-8-7-10-15(16)12-13-18-17/h7-8,10-13H,2-6,9,14H2,1H3. The van der Waals surface area contributed by atoms with Gasteiger partial charge in [0.2, 0.25) is 0 Å². The van der Waals surface area contributed by atoms with Crippen molar-refractivity contribution in [3.8, 4) is 0 Å². The van der Waals surface area contributed by atoms with Gasteiger partial charge in [-0.3, -0.25) is 0 Å². The molecule has 2 aromatic rings. The normalized spacial score (nSPS) is 11.0. The summed E-state index contributed by atoms with van der Waals surface area (Å²) in [5.74, 6) is 1.19. The number of hydrogen-bond donors (Lipinski definition) is 0. The minimum Gasteiger partial charge on any atom is -0.249 e. The van der Waals surface area contributed by atoms with Gasteiger partial charge in [0.05, 0.1) is 0 Å². The minimum atomic E-state index is 1.19. The number of pyridine rings is 1. The molecule has 0 aliphatic rings. The van der Waals surface area contributed by atoms with Crippen LogP contribution in [0.15, 0.2) is 41.6 Å². The molecule has 0 N–H and O–H groups in total. The van der Waals surface area contributed by atoms with E-state index in [0.29, 0.717) is 0 Å². The molecule has 0 spiro atoms. The lowest BCUT2D eigenvalue weighted by Gasteiger charge is -2.05. The Morgan fingerprint density at radius 2 is 1.74 bits per heavy atom. The van der Waals surface area contributed by atoms with Gasteiger partial charge < -0.3 is 0 Å². The molecule has 2 heteroatoms. The fourth-order valence-corrected chi connectivity index (χ4v) is 3.28. The van der Waals surface area contributed by atoms with Gasteiger partial charge in [0, 0.05) is 11.6 Å². The van der Waals surface area contributed by atoms with Crippen LogP contribution in [0.25, 0.3) is 10.8 Å². The Kier molecular flexibility index (Phi) is 6.22. The molecule has 0 saturated heterocycles. The highest BCUT2D eigenvalue weighted by atomic mass is 32.2. The number of nitrogens with zero attached hydrogens (tertiary/aromatic N) is 1. The molecule has 0 saturated carbocycles. The van der Waals surface area contributed by atoms with Gasteiger partial charge in [-0.05, 0) is 23.6 Å². The van der Waals surface area contributed by atoms with Crippen LogP contribution in [-0.2, 0) is 0 Å². The monoisotopic (exact) mass is 273 g/mol. The summed E-state index contributed by atoms with van der Waals surface area (Å²) in [4.78, 5) is 4.52. The summed E-state index contributed by atoms with van der Waals surface area (Å²) in [6, 6.07) is 10.6. The number of aromatic nitrogens is 1. The zero-order valence-corrected chi connectivity index (χ0v) is 12.6. The predicted molar refractivity (Wildman–Crippen MR) is 85.8 cm³/mol. The van der Waals surface area contributed by atoms with Crippen molar-refractivity contribution in [3.05, 3.63) is 36.5 Å². The zero-order chi connectivity index (χ0) is 13.3. The van der Waals surface area contributed by atoms with Crippen molar-refractivity contribution in [1.29, 1.82) is 0 Å². The Labute approximate surface area is 120 Å². The summed E-state index contributed by atoms with van der Waals surface area (Å²) in [7, 11) is 0. The number of hydrogen-bond acceptors (Lipinski definition) is 2. The van der Waals surface area contributed by atoms with Gasteiger partial charge in [-0.2, -0.15) is 0 Å². The van der Waals surface area contributed by atoms with Crippen LogP contribution < -0.4 is 0 Å². The van der Waals surface area contributed by atoms with Crippen molar-refractivity contribution >= 4 is 22.5 Å². The molecule has 0 aliphatic carbocycles. The Balaban J connectivity index is 1.78. The first-order valence-electron chi connectivity index (χ1n) is 7.38. The van der Waals surface area contributed by atoms with E-state index in [0.717, 1.165) is 0 Å². The first-order valence-corrected chi connectivity index (χ1v) is 8.37. The van der Waals surface area contributed by atoms with Crippen molar-refractivity contribution in [3.63, 3.8) is 0 Å². The Morgan fingerprint density at radius 1 is 0.947 bits per heavy atom. The maximum Gasteiger partial charge on any atom is 0.104 e. The van der Waals surface area contributed by atoms with Gasteiger partial charge in [-0.1, -0.05) is 63.3 Å². The van der Waals surface area contributed by atoms with E-state index in [1.165, 1.54) is 60.1 Å². The van der Waals surface area contributed by atoms with Gasteiger partial charge in [0.15, 0.2) is 0 Å². The Morgan fingerprint density at radius 3 is 2.63 bits per heavy atom. The molecular weight excluding hydrogens is 250 g/mol. The third kappa shape index (κ3) is 4.54. The lowest BCUT2D eigenvalue weighted by atomic mass is 10.1. The molecule has 1 nitrogen and oxygen atoms in total. The summed E-state index contributed by atoms with van der Waals surface area (Å²) in [5.41, 5.74) is 0. The number of unbranched alkanes of at least 4 members (excludes halogenated alkanes) is 5. The highest BCUT2D eigenvalue weighted by Crippen LogP contribution is 2.26. The van der Waals surface area contributed by atoms with Crippen LogP contribution >= 0.6 is 11.8 Å². The lowest BCUT2D eigenvalue weighted by molar-refractivity contribution is 0.627. The molecule has 1 heterocycles. The molecule has 0 aliphatic heterocycles. The summed E-state index contributed by atoms with van der Waals surface area (Å²) in [6.45, 7) is 2.27. The van der Waals surface area contributed by atoms with Crippen LogP contribution in [0.3, 0.4) is 0 Å². The average Bonchev–Trinajstić information content (AvgIpc) is 2.46. The van der Waals surface area contributed by atoms with Crippen molar-refractivity contribution in [2.24, 2.45) is 0 Å². The van der Waals surface area contributed by atoms with Crippen molar-refractivity contribution in [2.75, 3.05) is 5.75 Å². The first kappa shape index (κ1) is 14.4. The van der Waals surface area contributed by atoms with Crippen molar-refractivity contribution in [2.45, 2.75) is 50.5 Å². The van der Waals surface area contributed by atoms with Crippen LogP contribution in [0.4, 0.5) is 0 Å². The van der Waals surface area contributed by atoms with Crippen molar-refractivity contribution < 1.29 is 0 Å². The molecule has 19 heavy (non-hydrogen) atoms. The second kappa shape index (κ2) is 8.21. The molecule has 0 unspecified atom stereocenters. The molecule has 0 atom stereocenters. The van der Waals surface area contributed by atoms with Gasteiger partial charge in [-0.25, -0.2) is 4.98 Å². The highest BCUT2D eigenvalue weighted by molar-refractivity contribution is 7.99. The summed E-state index contributed by atoms with van der Waals surface area (Å²) < 4.78 is 0. The van der Waals surface area contributed by atoms with Crippen LogP contribution in [0, 0.1) is 0 Å². The molecule has 0 radical (unpaired) electrons. The van der Waals surface area contributed by atoms with E-state index in [1.807, 2.05) is 18.0 Å². The average molecular weight is 273 g/mol.